The van der Waals surface area contributed by atoms with Crippen LogP contribution < -0.4 is 5.73 Å². The molecule has 0 unspecified atom stereocenters. The number of nitrogens with two attached hydrogens (primary N) is 1. The van der Waals surface area contributed by atoms with E-state index >= 15 is 0 Å². The van der Waals surface area contributed by atoms with Crippen LogP contribution in [0.1, 0.15) is 30.0 Å². The first kappa shape index (κ1) is 11.8. The lowest BCUT2D eigenvalue weighted by Crippen LogP contribution is -2.28. The molecule has 0 aliphatic heterocycles. The first-order valence-corrected chi connectivity index (χ1v) is 6.90. The Morgan fingerprint density at radius 1 is 1.31 bits per heavy atom. The molecule has 0 atom stereocenters. The largest absolute Gasteiger partial charge is 0.321 e. The van der Waals surface area contributed by atoms with Crippen molar-refractivity contribution in [1.29, 1.82) is 0 Å². The van der Waals surface area contributed by atoms with Gasteiger partial charge in [-0.1, -0.05) is 0 Å². The predicted molar refractivity (Wildman–Crippen MR) is 72.1 cm³/mol. The molecular weight excluding hydrogens is 236 g/mol. The van der Waals surface area contributed by atoms with Crippen molar-refractivity contribution in [2.75, 3.05) is 0 Å². The predicted octanol–water partition coefficient (Wildman–Crippen LogP) is 3.68. The van der Waals surface area contributed by atoms with Gasteiger partial charge in [0.15, 0.2) is 0 Å². The van der Waals surface area contributed by atoms with Gasteiger partial charge in [0.25, 0.3) is 0 Å². The fourth-order valence-electron chi connectivity index (χ4n) is 1.68. The zero-order valence-electron chi connectivity index (χ0n) is 10.00. The molecule has 0 fully saturated rings. The van der Waals surface area contributed by atoms with Crippen LogP contribution in [-0.2, 0) is 5.54 Å². The summed E-state index contributed by atoms with van der Waals surface area (Å²) in [6, 6.07) is 2.13. The van der Waals surface area contributed by atoms with E-state index in [-0.39, 0.29) is 5.54 Å². The van der Waals surface area contributed by atoms with E-state index in [0.29, 0.717) is 0 Å². The smallest absolute Gasteiger partial charge is 0.134 e. The van der Waals surface area contributed by atoms with Crippen molar-refractivity contribution in [1.82, 2.24) is 4.98 Å². The van der Waals surface area contributed by atoms with Crippen molar-refractivity contribution in [3.63, 3.8) is 0 Å². The van der Waals surface area contributed by atoms with Gasteiger partial charge in [-0.2, -0.15) is 0 Å². The molecule has 0 spiro atoms. The maximum Gasteiger partial charge on any atom is 0.134 e. The summed E-state index contributed by atoms with van der Waals surface area (Å²) in [6.45, 7) is 8.21. The lowest BCUT2D eigenvalue weighted by molar-refractivity contribution is 0.562. The number of nitrogens with zero attached hydrogens (tertiary/aromatic N) is 1. The maximum absolute atomic E-state index is 6.14. The average molecular weight is 252 g/mol. The van der Waals surface area contributed by atoms with Gasteiger partial charge < -0.3 is 5.73 Å². The third kappa shape index (κ3) is 2.05. The van der Waals surface area contributed by atoms with E-state index < -0.39 is 0 Å². The summed E-state index contributed by atoms with van der Waals surface area (Å²) in [4.78, 5) is 7.07. The van der Waals surface area contributed by atoms with Gasteiger partial charge in [-0.15, -0.1) is 22.7 Å². The zero-order chi connectivity index (χ0) is 11.9. The average Bonchev–Trinajstić information content (AvgIpc) is 2.70. The molecule has 0 aliphatic rings. The van der Waals surface area contributed by atoms with Crippen LogP contribution in [-0.4, -0.2) is 4.98 Å². The van der Waals surface area contributed by atoms with Crippen molar-refractivity contribution in [3.05, 3.63) is 27.6 Å². The number of aromatic nitrogens is 1. The van der Waals surface area contributed by atoms with Gasteiger partial charge in [-0.05, 0) is 44.7 Å². The molecule has 2 N–H and O–H groups in total. The van der Waals surface area contributed by atoms with Crippen LogP contribution in [0.4, 0.5) is 0 Å². The minimum atomic E-state index is -0.300. The Kier molecular flexibility index (Phi) is 2.90. The standard InChI is InChI=1S/C12H16N2S2/c1-7-5-6-15-9(7)11-14-8(2)10(16-11)12(3,4)13/h5-6H,13H2,1-4H3. The summed E-state index contributed by atoms with van der Waals surface area (Å²) in [6.07, 6.45) is 0. The second-order valence-corrected chi connectivity index (χ2v) is 6.50. The molecule has 2 heterocycles. The highest BCUT2D eigenvalue weighted by molar-refractivity contribution is 7.21. The fourth-order valence-corrected chi connectivity index (χ4v) is 3.85. The number of thiophene rings is 1. The minimum Gasteiger partial charge on any atom is -0.321 e. The summed E-state index contributed by atoms with van der Waals surface area (Å²) >= 11 is 3.46. The van der Waals surface area contributed by atoms with Crippen LogP contribution >= 0.6 is 22.7 Å². The van der Waals surface area contributed by atoms with Gasteiger partial charge in [-0.25, -0.2) is 4.98 Å². The molecule has 2 aromatic heterocycles. The Labute approximate surface area is 104 Å². The van der Waals surface area contributed by atoms with Crippen molar-refractivity contribution in [3.8, 4) is 9.88 Å². The van der Waals surface area contributed by atoms with Gasteiger partial charge in [0.05, 0.1) is 10.6 Å². The highest BCUT2D eigenvalue weighted by atomic mass is 32.1. The number of thiazole rings is 1. The maximum atomic E-state index is 6.14. The summed E-state index contributed by atoms with van der Waals surface area (Å²) in [5, 5.41) is 3.20. The molecule has 16 heavy (non-hydrogen) atoms. The van der Waals surface area contributed by atoms with Crippen molar-refractivity contribution in [2.45, 2.75) is 33.2 Å². The van der Waals surface area contributed by atoms with Crippen molar-refractivity contribution in [2.24, 2.45) is 5.73 Å². The summed E-state index contributed by atoms with van der Waals surface area (Å²) in [5.41, 5.74) is 8.18. The second-order valence-electron chi connectivity index (χ2n) is 4.59. The van der Waals surface area contributed by atoms with Gasteiger partial charge >= 0.3 is 0 Å². The van der Waals surface area contributed by atoms with Crippen LogP contribution in [0.3, 0.4) is 0 Å². The Bertz CT molecular complexity index is 503. The van der Waals surface area contributed by atoms with Crippen LogP contribution in [0.15, 0.2) is 11.4 Å². The van der Waals surface area contributed by atoms with E-state index in [4.69, 9.17) is 5.73 Å². The van der Waals surface area contributed by atoms with Gasteiger partial charge in [0.2, 0.25) is 0 Å². The number of rotatable bonds is 2. The van der Waals surface area contributed by atoms with Gasteiger partial charge in [0.1, 0.15) is 5.01 Å². The second kappa shape index (κ2) is 3.95. The summed E-state index contributed by atoms with van der Waals surface area (Å²) < 4.78 is 0. The Hall–Kier alpha value is -0.710. The Balaban J connectivity index is 2.51. The molecule has 2 nitrogen and oxygen atoms in total. The lowest BCUT2D eigenvalue weighted by Gasteiger charge is -2.16. The van der Waals surface area contributed by atoms with E-state index in [1.807, 2.05) is 20.8 Å². The monoisotopic (exact) mass is 252 g/mol. The summed E-state index contributed by atoms with van der Waals surface area (Å²) in [5.74, 6) is 0. The highest BCUT2D eigenvalue weighted by Gasteiger charge is 2.22. The third-order valence-corrected chi connectivity index (χ3v) is 5.10. The van der Waals surface area contributed by atoms with E-state index in [2.05, 4.69) is 23.4 Å². The molecule has 2 aromatic rings. The normalized spacial score (nSPS) is 12.1. The van der Waals surface area contributed by atoms with Crippen LogP contribution in [0.25, 0.3) is 9.88 Å². The molecule has 2 rings (SSSR count). The van der Waals surface area contributed by atoms with Crippen LogP contribution in [0, 0.1) is 13.8 Å². The molecule has 0 aromatic carbocycles. The highest BCUT2D eigenvalue weighted by Crippen LogP contribution is 2.37. The molecule has 0 bridgehead atoms. The fraction of sp³-hybridized carbons (Fsp3) is 0.417. The van der Waals surface area contributed by atoms with E-state index in [1.165, 1.54) is 15.3 Å². The molecular formula is C12H16N2S2. The number of hydrogen-bond acceptors (Lipinski definition) is 4. The quantitative estimate of drug-likeness (QED) is 0.885. The molecule has 0 saturated carbocycles. The van der Waals surface area contributed by atoms with Gasteiger partial charge in [0, 0.05) is 10.4 Å². The minimum absolute atomic E-state index is 0.300. The van der Waals surface area contributed by atoms with Crippen molar-refractivity contribution >= 4 is 22.7 Å². The van der Waals surface area contributed by atoms with E-state index in [1.54, 1.807) is 22.7 Å². The molecule has 0 amide bonds. The van der Waals surface area contributed by atoms with E-state index in [9.17, 15) is 0 Å². The third-order valence-electron chi connectivity index (χ3n) is 2.44. The summed E-state index contributed by atoms with van der Waals surface area (Å²) in [7, 11) is 0. The molecule has 0 radical (unpaired) electrons. The first-order chi connectivity index (χ1) is 7.39. The van der Waals surface area contributed by atoms with Crippen LogP contribution in [0.2, 0.25) is 0 Å². The molecule has 86 valence electrons. The van der Waals surface area contributed by atoms with E-state index in [0.717, 1.165) is 10.7 Å². The lowest BCUT2D eigenvalue weighted by atomic mass is 10.0. The van der Waals surface area contributed by atoms with Crippen molar-refractivity contribution < 1.29 is 0 Å². The Morgan fingerprint density at radius 3 is 2.44 bits per heavy atom. The molecule has 0 saturated heterocycles. The Morgan fingerprint density at radius 2 is 2.00 bits per heavy atom. The first-order valence-electron chi connectivity index (χ1n) is 5.21. The molecule has 4 heteroatoms. The topological polar surface area (TPSA) is 38.9 Å². The zero-order valence-corrected chi connectivity index (χ0v) is 11.6. The number of hydrogen-bond donors (Lipinski definition) is 1. The van der Waals surface area contributed by atoms with Gasteiger partial charge in [-0.3, -0.25) is 0 Å². The number of aryl methyl sites for hydroxylation is 2. The SMILES string of the molecule is Cc1ccsc1-c1nc(C)c(C(C)(C)N)s1. The molecule has 0 aliphatic carbocycles. The van der Waals surface area contributed by atoms with Crippen LogP contribution in [0.5, 0.6) is 0 Å².